The molecule has 0 saturated carbocycles. The van der Waals surface area contributed by atoms with Gasteiger partial charge in [0.25, 0.3) is 0 Å². The lowest BCUT2D eigenvalue weighted by molar-refractivity contribution is 0.101. The smallest absolute Gasteiger partial charge is 0.139 e. The zero-order valence-corrected chi connectivity index (χ0v) is 10.7. The quantitative estimate of drug-likeness (QED) is 0.929. The lowest BCUT2D eigenvalue weighted by Crippen LogP contribution is -2.10. The number of hydrogen-bond donors (Lipinski definition) is 1. The van der Waals surface area contributed by atoms with Crippen molar-refractivity contribution < 1.29 is 9.84 Å². The first kappa shape index (κ1) is 12.0. The van der Waals surface area contributed by atoms with Crippen LogP contribution in [0.5, 0.6) is 0 Å². The lowest BCUT2D eigenvalue weighted by atomic mass is 10.2. The second-order valence-electron chi connectivity index (χ2n) is 4.48. The van der Waals surface area contributed by atoms with Crippen molar-refractivity contribution in [3.63, 3.8) is 0 Å². The van der Waals surface area contributed by atoms with Crippen molar-refractivity contribution >= 4 is 22.6 Å². The molecule has 0 aliphatic carbocycles. The molecule has 1 aromatic carbocycles. The summed E-state index contributed by atoms with van der Waals surface area (Å²) in [5.41, 5.74) is 1.86. The first-order chi connectivity index (χ1) is 8.79. The molecule has 18 heavy (non-hydrogen) atoms. The highest BCUT2D eigenvalue weighted by atomic mass is 35.5. The monoisotopic (exact) mass is 266 g/mol. The highest BCUT2D eigenvalue weighted by molar-refractivity contribution is 6.31. The van der Waals surface area contributed by atoms with Crippen molar-refractivity contribution in [3.05, 3.63) is 29.0 Å². The van der Waals surface area contributed by atoms with Gasteiger partial charge in [0, 0.05) is 18.2 Å². The Hall–Kier alpha value is -1.10. The number of benzene rings is 1. The number of rotatable bonds is 3. The van der Waals surface area contributed by atoms with Crippen LogP contribution in [0.1, 0.15) is 24.8 Å². The Morgan fingerprint density at radius 3 is 3.11 bits per heavy atom. The van der Waals surface area contributed by atoms with E-state index in [9.17, 15) is 5.11 Å². The number of ether oxygens (including phenoxy) is 1. The molecule has 4 nitrogen and oxygen atoms in total. The average Bonchev–Trinajstić information content (AvgIpc) is 2.97. The van der Waals surface area contributed by atoms with Gasteiger partial charge in [-0.15, -0.1) is 0 Å². The van der Waals surface area contributed by atoms with Crippen LogP contribution in [-0.2, 0) is 11.3 Å². The molecule has 1 aliphatic rings. The standard InChI is InChI=1S/C13H15ClN2O2/c14-9-3-4-11-10(8-9)15-13(16(11)5-6-17)12-2-1-7-18-12/h3-4,8,12,17H,1-2,5-7H2. The molecular weight excluding hydrogens is 252 g/mol. The molecule has 1 aliphatic heterocycles. The maximum atomic E-state index is 9.20. The number of hydrogen-bond acceptors (Lipinski definition) is 3. The third-order valence-corrected chi connectivity index (χ3v) is 3.52. The van der Waals surface area contributed by atoms with E-state index < -0.39 is 0 Å². The summed E-state index contributed by atoms with van der Waals surface area (Å²) in [6.07, 6.45) is 2.10. The van der Waals surface area contributed by atoms with E-state index in [-0.39, 0.29) is 12.7 Å². The maximum Gasteiger partial charge on any atom is 0.139 e. The van der Waals surface area contributed by atoms with Crippen molar-refractivity contribution in [2.75, 3.05) is 13.2 Å². The van der Waals surface area contributed by atoms with Crippen molar-refractivity contribution in [2.24, 2.45) is 0 Å². The fourth-order valence-electron chi connectivity index (χ4n) is 2.48. The summed E-state index contributed by atoms with van der Waals surface area (Å²) in [5.74, 6) is 0.902. The van der Waals surface area contributed by atoms with Crippen LogP contribution < -0.4 is 0 Å². The highest BCUT2D eigenvalue weighted by Gasteiger charge is 2.24. The third-order valence-electron chi connectivity index (χ3n) is 3.28. The normalized spacial score (nSPS) is 19.8. The van der Waals surface area contributed by atoms with Gasteiger partial charge in [0.2, 0.25) is 0 Å². The first-order valence-electron chi connectivity index (χ1n) is 6.18. The molecule has 5 heteroatoms. The molecule has 2 heterocycles. The summed E-state index contributed by atoms with van der Waals surface area (Å²) in [4.78, 5) is 4.62. The summed E-state index contributed by atoms with van der Waals surface area (Å²) in [6, 6.07) is 5.64. The van der Waals surface area contributed by atoms with Crippen LogP contribution in [0.3, 0.4) is 0 Å². The Balaban J connectivity index is 2.13. The Kier molecular flexibility index (Phi) is 3.24. The number of aliphatic hydroxyl groups is 1. The van der Waals surface area contributed by atoms with Gasteiger partial charge in [-0.25, -0.2) is 4.98 Å². The predicted molar refractivity (Wildman–Crippen MR) is 69.8 cm³/mol. The predicted octanol–water partition coefficient (Wildman–Crippen LogP) is 2.53. The Morgan fingerprint density at radius 1 is 1.50 bits per heavy atom. The van der Waals surface area contributed by atoms with E-state index in [2.05, 4.69) is 4.98 Å². The lowest BCUT2D eigenvalue weighted by Gasteiger charge is -2.12. The molecule has 1 saturated heterocycles. The van der Waals surface area contributed by atoms with Crippen molar-refractivity contribution in [3.8, 4) is 0 Å². The fraction of sp³-hybridized carbons (Fsp3) is 0.462. The van der Waals surface area contributed by atoms with Crippen molar-refractivity contribution in [2.45, 2.75) is 25.5 Å². The second kappa shape index (κ2) is 4.88. The van der Waals surface area contributed by atoms with E-state index in [1.807, 2.05) is 22.8 Å². The van der Waals surface area contributed by atoms with Gasteiger partial charge in [-0.2, -0.15) is 0 Å². The average molecular weight is 267 g/mol. The van der Waals surface area contributed by atoms with E-state index in [4.69, 9.17) is 16.3 Å². The molecule has 0 bridgehead atoms. The zero-order valence-electron chi connectivity index (χ0n) is 9.97. The van der Waals surface area contributed by atoms with Crippen LogP contribution in [0.2, 0.25) is 5.02 Å². The van der Waals surface area contributed by atoms with E-state index in [1.165, 1.54) is 0 Å². The molecule has 0 amide bonds. The minimum Gasteiger partial charge on any atom is -0.395 e. The summed E-state index contributed by atoms with van der Waals surface area (Å²) in [6.45, 7) is 1.41. The van der Waals surface area contributed by atoms with E-state index in [0.717, 1.165) is 36.3 Å². The topological polar surface area (TPSA) is 47.3 Å². The molecule has 1 N–H and O–H groups in total. The molecule has 0 spiro atoms. The number of imidazole rings is 1. The van der Waals surface area contributed by atoms with Crippen LogP contribution in [0, 0.1) is 0 Å². The van der Waals surface area contributed by atoms with Gasteiger partial charge >= 0.3 is 0 Å². The van der Waals surface area contributed by atoms with E-state index >= 15 is 0 Å². The molecular formula is C13H15ClN2O2. The zero-order chi connectivity index (χ0) is 12.5. The molecule has 1 aromatic heterocycles. The number of aromatic nitrogens is 2. The van der Waals surface area contributed by atoms with Crippen molar-refractivity contribution in [1.82, 2.24) is 9.55 Å². The maximum absolute atomic E-state index is 9.20. The first-order valence-corrected chi connectivity index (χ1v) is 6.55. The SMILES string of the molecule is OCCn1c(C2CCCO2)nc2cc(Cl)ccc21. The van der Waals surface area contributed by atoms with Gasteiger partial charge in [-0.1, -0.05) is 11.6 Å². The minimum absolute atomic E-state index is 0.0442. The van der Waals surface area contributed by atoms with Gasteiger partial charge in [-0.05, 0) is 31.0 Å². The van der Waals surface area contributed by atoms with Gasteiger partial charge < -0.3 is 14.4 Å². The number of nitrogens with zero attached hydrogens (tertiary/aromatic N) is 2. The van der Waals surface area contributed by atoms with Crippen LogP contribution in [0.4, 0.5) is 0 Å². The molecule has 1 atom stereocenters. The fourth-order valence-corrected chi connectivity index (χ4v) is 2.65. The van der Waals surface area contributed by atoms with Crippen LogP contribution in [0.15, 0.2) is 18.2 Å². The van der Waals surface area contributed by atoms with Crippen LogP contribution in [0.25, 0.3) is 11.0 Å². The summed E-state index contributed by atoms with van der Waals surface area (Å²) in [7, 11) is 0. The van der Waals surface area contributed by atoms with E-state index in [0.29, 0.717) is 11.6 Å². The Bertz CT molecular complexity index is 561. The summed E-state index contributed by atoms with van der Waals surface area (Å²) in [5, 5.41) is 9.88. The van der Waals surface area contributed by atoms with Gasteiger partial charge in [-0.3, -0.25) is 0 Å². The number of fused-ring (bicyclic) bond motifs is 1. The molecule has 2 aromatic rings. The van der Waals surface area contributed by atoms with Gasteiger partial charge in [0.1, 0.15) is 11.9 Å². The Morgan fingerprint density at radius 2 is 2.39 bits per heavy atom. The largest absolute Gasteiger partial charge is 0.395 e. The minimum atomic E-state index is 0.0442. The Labute approximate surface area is 110 Å². The second-order valence-corrected chi connectivity index (χ2v) is 4.92. The highest BCUT2D eigenvalue weighted by Crippen LogP contribution is 2.31. The van der Waals surface area contributed by atoms with Crippen molar-refractivity contribution in [1.29, 1.82) is 0 Å². The summed E-state index contributed by atoms with van der Waals surface area (Å²) < 4.78 is 7.72. The molecule has 96 valence electrons. The van der Waals surface area contributed by atoms with Gasteiger partial charge in [0.15, 0.2) is 0 Å². The number of aliphatic hydroxyl groups excluding tert-OH is 1. The number of halogens is 1. The van der Waals surface area contributed by atoms with Crippen LogP contribution >= 0.6 is 11.6 Å². The van der Waals surface area contributed by atoms with E-state index in [1.54, 1.807) is 0 Å². The molecule has 3 rings (SSSR count). The molecule has 1 unspecified atom stereocenters. The molecule has 0 radical (unpaired) electrons. The molecule has 1 fully saturated rings. The van der Waals surface area contributed by atoms with Crippen LogP contribution in [-0.4, -0.2) is 27.9 Å². The third kappa shape index (κ3) is 2.00. The summed E-state index contributed by atoms with van der Waals surface area (Å²) >= 11 is 5.99. The van der Waals surface area contributed by atoms with Gasteiger partial charge in [0.05, 0.1) is 17.6 Å².